The standard InChI is InChI=1S/C13H17NO2S/c1-2-9-17(15)10-3-8-16-13-6-4-12(11-14)5-7-13/h4-7H,2-3,8-10H2,1H3. The smallest absolute Gasteiger partial charge is 0.119 e. The van der Waals surface area contributed by atoms with Gasteiger partial charge in [0.05, 0.1) is 18.2 Å². The Morgan fingerprint density at radius 2 is 2.00 bits per heavy atom. The van der Waals surface area contributed by atoms with E-state index in [2.05, 4.69) is 6.07 Å². The first-order chi connectivity index (χ1) is 8.26. The summed E-state index contributed by atoms with van der Waals surface area (Å²) in [5, 5.41) is 8.63. The summed E-state index contributed by atoms with van der Waals surface area (Å²) in [6, 6.07) is 9.07. The van der Waals surface area contributed by atoms with Crippen molar-refractivity contribution in [2.75, 3.05) is 18.1 Å². The third-order valence-corrected chi connectivity index (χ3v) is 3.81. The van der Waals surface area contributed by atoms with Gasteiger partial charge in [0.1, 0.15) is 5.75 Å². The molecule has 3 nitrogen and oxygen atoms in total. The molecule has 0 radical (unpaired) electrons. The third kappa shape index (κ3) is 5.50. The van der Waals surface area contributed by atoms with E-state index >= 15 is 0 Å². The van der Waals surface area contributed by atoms with Crippen molar-refractivity contribution in [2.24, 2.45) is 0 Å². The van der Waals surface area contributed by atoms with Gasteiger partial charge in [-0.05, 0) is 37.1 Å². The van der Waals surface area contributed by atoms with E-state index in [-0.39, 0.29) is 0 Å². The topological polar surface area (TPSA) is 50.1 Å². The lowest BCUT2D eigenvalue weighted by Crippen LogP contribution is -2.06. The number of nitrogens with zero attached hydrogens (tertiary/aromatic N) is 1. The molecule has 1 aromatic rings. The molecular formula is C13H17NO2S. The van der Waals surface area contributed by atoms with Gasteiger partial charge in [0.25, 0.3) is 0 Å². The first kappa shape index (κ1) is 13.7. The molecule has 0 aromatic heterocycles. The molecule has 0 N–H and O–H groups in total. The molecule has 0 aliphatic rings. The molecule has 0 aliphatic carbocycles. The highest BCUT2D eigenvalue weighted by molar-refractivity contribution is 7.84. The Balaban J connectivity index is 2.22. The van der Waals surface area contributed by atoms with E-state index in [4.69, 9.17) is 10.00 Å². The molecule has 0 heterocycles. The quantitative estimate of drug-likeness (QED) is 0.699. The summed E-state index contributed by atoms with van der Waals surface area (Å²) < 4.78 is 16.8. The van der Waals surface area contributed by atoms with Crippen LogP contribution in [0, 0.1) is 11.3 Å². The third-order valence-electron chi connectivity index (χ3n) is 2.20. The van der Waals surface area contributed by atoms with Crippen LogP contribution in [0.1, 0.15) is 25.3 Å². The summed E-state index contributed by atoms with van der Waals surface area (Å²) in [6.45, 7) is 2.60. The lowest BCUT2D eigenvalue weighted by Gasteiger charge is -2.05. The largest absolute Gasteiger partial charge is 0.494 e. The van der Waals surface area contributed by atoms with Gasteiger partial charge in [-0.15, -0.1) is 0 Å². The maximum Gasteiger partial charge on any atom is 0.119 e. The van der Waals surface area contributed by atoms with Crippen molar-refractivity contribution in [1.82, 2.24) is 0 Å². The van der Waals surface area contributed by atoms with E-state index < -0.39 is 10.8 Å². The van der Waals surface area contributed by atoms with Crippen molar-refractivity contribution >= 4 is 10.8 Å². The van der Waals surface area contributed by atoms with E-state index in [1.54, 1.807) is 24.3 Å². The van der Waals surface area contributed by atoms with Crippen LogP contribution < -0.4 is 4.74 Å². The van der Waals surface area contributed by atoms with E-state index in [9.17, 15) is 4.21 Å². The second-order valence-electron chi connectivity index (χ2n) is 3.69. The van der Waals surface area contributed by atoms with Crippen molar-refractivity contribution < 1.29 is 8.95 Å². The molecule has 0 bridgehead atoms. The number of hydrogen-bond acceptors (Lipinski definition) is 3. The first-order valence-corrected chi connectivity index (χ1v) is 7.23. The molecule has 0 fully saturated rings. The van der Waals surface area contributed by atoms with E-state index in [0.29, 0.717) is 17.9 Å². The molecule has 0 saturated carbocycles. The minimum Gasteiger partial charge on any atom is -0.494 e. The monoisotopic (exact) mass is 251 g/mol. The fraction of sp³-hybridized carbons (Fsp3) is 0.462. The molecule has 0 spiro atoms. The van der Waals surface area contributed by atoms with Crippen molar-refractivity contribution in [3.05, 3.63) is 29.8 Å². The summed E-state index contributed by atoms with van der Waals surface area (Å²) in [6.07, 6.45) is 1.76. The Kier molecular flexibility index (Phi) is 6.34. The lowest BCUT2D eigenvalue weighted by molar-refractivity contribution is 0.318. The van der Waals surface area contributed by atoms with Crippen LogP contribution in [0.5, 0.6) is 5.75 Å². The minimum atomic E-state index is -0.706. The molecule has 0 saturated heterocycles. The van der Waals surface area contributed by atoms with Gasteiger partial charge < -0.3 is 4.74 Å². The Bertz CT molecular complexity index is 395. The van der Waals surface area contributed by atoms with Crippen LogP contribution in [0.3, 0.4) is 0 Å². The predicted molar refractivity (Wildman–Crippen MR) is 69.4 cm³/mol. The van der Waals surface area contributed by atoms with Crippen LogP contribution in [0.2, 0.25) is 0 Å². The van der Waals surface area contributed by atoms with Gasteiger partial charge in [0.2, 0.25) is 0 Å². The molecule has 92 valence electrons. The Morgan fingerprint density at radius 3 is 2.59 bits per heavy atom. The molecular weight excluding hydrogens is 234 g/mol. The highest BCUT2D eigenvalue weighted by atomic mass is 32.2. The molecule has 1 aromatic carbocycles. The molecule has 4 heteroatoms. The summed E-state index contributed by atoms with van der Waals surface area (Å²) in [4.78, 5) is 0. The highest BCUT2D eigenvalue weighted by Crippen LogP contribution is 2.11. The van der Waals surface area contributed by atoms with Crippen LogP contribution in [-0.2, 0) is 10.8 Å². The maximum absolute atomic E-state index is 11.4. The van der Waals surface area contributed by atoms with Crippen molar-refractivity contribution in [3.63, 3.8) is 0 Å². The van der Waals surface area contributed by atoms with Gasteiger partial charge in [-0.1, -0.05) is 6.92 Å². The van der Waals surface area contributed by atoms with Crippen LogP contribution >= 0.6 is 0 Å². The minimum absolute atomic E-state index is 0.571. The van der Waals surface area contributed by atoms with E-state index in [1.807, 2.05) is 6.92 Å². The Hall–Kier alpha value is -1.34. The number of rotatable bonds is 7. The zero-order valence-corrected chi connectivity index (χ0v) is 10.8. The van der Waals surface area contributed by atoms with Gasteiger partial charge in [-0.25, -0.2) is 0 Å². The second kappa shape index (κ2) is 7.86. The first-order valence-electron chi connectivity index (χ1n) is 5.74. The highest BCUT2D eigenvalue weighted by Gasteiger charge is 1.99. The molecule has 0 amide bonds. The second-order valence-corrected chi connectivity index (χ2v) is 5.38. The predicted octanol–water partition coefficient (Wildman–Crippen LogP) is 2.49. The van der Waals surface area contributed by atoms with Gasteiger partial charge >= 0.3 is 0 Å². The van der Waals surface area contributed by atoms with Crippen molar-refractivity contribution in [2.45, 2.75) is 19.8 Å². The van der Waals surface area contributed by atoms with Gasteiger partial charge in [-0.3, -0.25) is 4.21 Å². The van der Waals surface area contributed by atoms with Gasteiger partial charge in [0, 0.05) is 22.3 Å². The average molecular weight is 251 g/mol. The SMILES string of the molecule is CCCS(=O)CCCOc1ccc(C#N)cc1. The van der Waals surface area contributed by atoms with Crippen molar-refractivity contribution in [1.29, 1.82) is 5.26 Å². The number of benzene rings is 1. The Labute approximate surface area is 105 Å². The zero-order valence-electron chi connectivity index (χ0n) is 10.0. The number of nitriles is 1. The lowest BCUT2D eigenvalue weighted by atomic mass is 10.2. The van der Waals surface area contributed by atoms with Crippen LogP contribution in [-0.4, -0.2) is 22.3 Å². The molecule has 1 atom stereocenters. The fourth-order valence-electron chi connectivity index (χ4n) is 1.37. The Morgan fingerprint density at radius 1 is 1.29 bits per heavy atom. The van der Waals surface area contributed by atoms with Gasteiger partial charge in [-0.2, -0.15) is 5.26 Å². The summed E-state index contributed by atoms with van der Waals surface area (Å²) in [5.41, 5.74) is 0.626. The van der Waals surface area contributed by atoms with Crippen molar-refractivity contribution in [3.8, 4) is 11.8 Å². The number of ether oxygens (including phenoxy) is 1. The summed E-state index contributed by atoms with van der Waals surface area (Å²) in [5.74, 6) is 2.23. The molecule has 17 heavy (non-hydrogen) atoms. The molecule has 1 rings (SSSR count). The van der Waals surface area contributed by atoms with Crippen LogP contribution in [0.4, 0.5) is 0 Å². The molecule has 1 unspecified atom stereocenters. The van der Waals surface area contributed by atoms with Crippen LogP contribution in [0.15, 0.2) is 24.3 Å². The summed E-state index contributed by atoms with van der Waals surface area (Å²) >= 11 is 0. The van der Waals surface area contributed by atoms with E-state index in [1.165, 1.54) is 0 Å². The average Bonchev–Trinajstić information content (AvgIpc) is 2.36. The fourth-order valence-corrected chi connectivity index (χ4v) is 2.46. The van der Waals surface area contributed by atoms with E-state index in [0.717, 1.165) is 24.3 Å². The van der Waals surface area contributed by atoms with Gasteiger partial charge in [0.15, 0.2) is 0 Å². The number of hydrogen-bond donors (Lipinski definition) is 0. The normalized spacial score (nSPS) is 11.8. The molecule has 0 aliphatic heterocycles. The van der Waals surface area contributed by atoms with Crippen LogP contribution in [0.25, 0.3) is 0 Å². The zero-order chi connectivity index (χ0) is 12.5. The maximum atomic E-state index is 11.4. The summed E-state index contributed by atoms with van der Waals surface area (Å²) in [7, 11) is -0.706.